The number of carbonyl (C=O) groups is 2. The molecule has 3 amide bonds. The Kier molecular flexibility index (Phi) is 7.91. The van der Waals surface area contributed by atoms with Crippen LogP contribution < -0.4 is 10.2 Å². The van der Waals surface area contributed by atoms with Crippen molar-refractivity contribution in [3.8, 4) is 0 Å². The lowest BCUT2D eigenvalue weighted by molar-refractivity contribution is -0.129. The molecule has 0 aliphatic carbocycles. The summed E-state index contributed by atoms with van der Waals surface area (Å²) in [5.41, 5.74) is -0.272. The smallest absolute Gasteiger partial charge is 0.318 e. The predicted molar refractivity (Wildman–Crippen MR) is 125 cm³/mol. The lowest BCUT2D eigenvalue weighted by Crippen LogP contribution is -2.59. The Hall–Kier alpha value is -1.74. The van der Waals surface area contributed by atoms with Crippen LogP contribution in [-0.2, 0) is 4.79 Å². The van der Waals surface area contributed by atoms with Crippen molar-refractivity contribution in [2.45, 2.75) is 63.7 Å². The molecule has 0 spiro atoms. The Morgan fingerprint density at radius 3 is 2.52 bits per heavy atom. The SMILES string of the molecule is CC1CN(c2cc(Cl)nc(SCC(=O)N3CCCCC3)n2)CCN1C(=O)NC(C)(C)C. The summed E-state index contributed by atoms with van der Waals surface area (Å²) in [6.45, 7) is 11.5. The number of urea groups is 1. The number of rotatable bonds is 4. The van der Waals surface area contributed by atoms with Gasteiger partial charge in [-0.15, -0.1) is 0 Å². The molecule has 3 rings (SSSR count). The lowest BCUT2D eigenvalue weighted by Gasteiger charge is -2.41. The van der Waals surface area contributed by atoms with E-state index in [0.717, 1.165) is 31.7 Å². The van der Waals surface area contributed by atoms with Crippen LogP contribution in [0.2, 0.25) is 5.15 Å². The van der Waals surface area contributed by atoms with Crippen LogP contribution in [0.4, 0.5) is 10.6 Å². The maximum absolute atomic E-state index is 12.6. The zero-order chi connectivity index (χ0) is 22.6. The van der Waals surface area contributed by atoms with Crippen LogP contribution >= 0.6 is 23.4 Å². The van der Waals surface area contributed by atoms with E-state index in [1.165, 1.54) is 18.2 Å². The zero-order valence-electron chi connectivity index (χ0n) is 18.9. The van der Waals surface area contributed by atoms with Gasteiger partial charge in [-0.25, -0.2) is 14.8 Å². The summed E-state index contributed by atoms with van der Waals surface area (Å²) >= 11 is 7.59. The van der Waals surface area contributed by atoms with Gasteiger partial charge in [0.15, 0.2) is 5.16 Å². The third kappa shape index (κ3) is 6.87. The van der Waals surface area contributed by atoms with Crippen molar-refractivity contribution < 1.29 is 9.59 Å². The van der Waals surface area contributed by atoms with Crippen molar-refractivity contribution in [3.05, 3.63) is 11.2 Å². The third-order valence-electron chi connectivity index (χ3n) is 5.39. The van der Waals surface area contributed by atoms with Crippen molar-refractivity contribution >= 4 is 41.1 Å². The Morgan fingerprint density at radius 2 is 1.87 bits per heavy atom. The Bertz CT molecular complexity index is 797. The summed E-state index contributed by atoms with van der Waals surface area (Å²) < 4.78 is 0. The molecule has 2 aliphatic rings. The van der Waals surface area contributed by atoms with E-state index in [0.29, 0.717) is 35.7 Å². The average Bonchev–Trinajstić information content (AvgIpc) is 2.70. The third-order valence-corrected chi connectivity index (χ3v) is 6.41. The van der Waals surface area contributed by atoms with Gasteiger partial charge in [-0.2, -0.15) is 0 Å². The lowest BCUT2D eigenvalue weighted by atomic mass is 10.1. The average molecular weight is 469 g/mol. The summed E-state index contributed by atoms with van der Waals surface area (Å²) in [7, 11) is 0. The largest absolute Gasteiger partial charge is 0.353 e. The van der Waals surface area contributed by atoms with Gasteiger partial charge in [-0.3, -0.25) is 4.79 Å². The van der Waals surface area contributed by atoms with E-state index in [1.54, 1.807) is 6.07 Å². The molecule has 0 radical (unpaired) electrons. The van der Waals surface area contributed by atoms with Gasteiger partial charge in [-0.1, -0.05) is 23.4 Å². The second-order valence-electron chi connectivity index (χ2n) is 9.23. The molecule has 0 bridgehead atoms. The number of nitrogens with zero attached hydrogens (tertiary/aromatic N) is 5. The number of amides is 3. The summed E-state index contributed by atoms with van der Waals surface area (Å²) in [5.74, 6) is 1.18. The monoisotopic (exact) mass is 468 g/mol. The second kappa shape index (κ2) is 10.3. The van der Waals surface area contributed by atoms with Gasteiger partial charge in [0.2, 0.25) is 5.91 Å². The van der Waals surface area contributed by atoms with Crippen molar-refractivity contribution in [1.29, 1.82) is 0 Å². The summed E-state index contributed by atoms with van der Waals surface area (Å²) in [4.78, 5) is 39.8. The zero-order valence-corrected chi connectivity index (χ0v) is 20.4. The number of anilines is 1. The first kappa shape index (κ1) is 23.9. The van der Waals surface area contributed by atoms with E-state index in [4.69, 9.17) is 11.6 Å². The van der Waals surface area contributed by atoms with E-state index in [-0.39, 0.29) is 23.5 Å². The summed E-state index contributed by atoms with van der Waals surface area (Å²) in [6.07, 6.45) is 3.35. The fourth-order valence-electron chi connectivity index (χ4n) is 3.83. The van der Waals surface area contributed by atoms with E-state index in [9.17, 15) is 9.59 Å². The van der Waals surface area contributed by atoms with Crippen LogP contribution in [0.25, 0.3) is 0 Å². The molecule has 172 valence electrons. The number of thioether (sulfide) groups is 1. The molecule has 1 unspecified atom stereocenters. The highest BCUT2D eigenvalue weighted by atomic mass is 35.5. The standard InChI is InChI=1S/C21H33ClN6O2S/c1-15-13-27(10-11-28(15)20(30)25-21(2,3)4)17-12-16(22)23-19(24-17)31-14-18(29)26-8-6-5-7-9-26/h12,15H,5-11,13-14H2,1-4H3,(H,25,30). The number of likely N-dealkylation sites (tertiary alicyclic amines) is 1. The molecule has 8 nitrogen and oxygen atoms in total. The molecule has 10 heteroatoms. The van der Waals surface area contributed by atoms with Gasteiger partial charge in [0.25, 0.3) is 0 Å². The van der Waals surface area contributed by atoms with E-state index >= 15 is 0 Å². The van der Waals surface area contributed by atoms with Crippen LogP contribution in [0.3, 0.4) is 0 Å². The highest BCUT2D eigenvalue weighted by molar-refractivity contribution is 7.99. The minimum atomic E-state index is -0.272. The molecule has 0 saturated carbocycles. The number of halogens is 1. The molecule has 0 aromatic carbocycles. The fraction of sp³-hybridized carbons (Fsp3) is 0.714. The number of hydrogen-bond acceptors (Lipinski definition) is 6. The quantitative estimate of drug-likeness (QED) is 0.415. The summed E-state index contributed by atoms with van der Waals surface area (Å²) in [5, 5.41) is 3.90. The van der Waals surface area contributed by atoms with Crippen LogP contribution in [0.5, 0.6) is 0 Å². The van der Waals surface area contributed by atoms with E-state index < -0.39 is 0 Å². The number of hydrogen-bond donors (Lipinski definition) is 1. The fourth-order valence-corrected chi connectivity index (χ4v) is 4.82. The number of nitrogens with one attached hydrogen (secondary N) is 1. The Labute approximate surface area is 194 Å². The summed E-state index contributed by atoms with van der Waals surface area (Å²) in [6, 6.07) is 1.73. The van der Waals surface area contributed by atoms with Crippen LogP contribution in [-0.4, -0.2) is 81.8 Å². The molecule has 1 aromatic heterocycles. The molecule has 1 N–H and O–H groups in total. The van der Waals surface area contributed by atoms with E-state index in [2.05, 4.69) is 20.2 Å². The van der Waals surface area contributed by atoms with Gasteiger partial charge in [0.05, 0.1) is 5.75 Å². The van der Waals surface area contributed by atoms with E-state index in [1.807, 2.05) is 37.5 Å². The highest BCUT2D eigenvalue weighted by Gasteiger charge is 2.30. The molecule has 2 fully saturated rings. The molecule has 2 aliphatic heterocycles. The molecule has 1 aromatic rings. The van der Waals surface area contributed by atoms with Crippen molar-refractivity contribution in [3.63, 3.8) is 0 Å². The molecular weight excluding hydrogens is 436 g/mol. The number of aromatic nitrogens is 2. The number of piperidine rings is 1. The highest BCUT2D eigenvalue weighted by Crippen LogP contribution is 2.25. The first-order valence-corrected chi connectivity index (χ1v) is 12.3. The van der Waals surface area contributed by atoms with Gasteiger partial charge < -0.3 is 20.0 Å². The van der Waals surface area contributed by atoms with Crippen LogP contribution in [0.15, 0.2) is 11.2 Å². The van der Waals surface area contributed by atoms with Gasteiger partial charge in [0, 0.05) is 50.4 Å². The van der Waals surface area contributed by atoms with Crippen molar-refractivity contribution in [2.24, 2.45) is 0 Å². The van der Waals surface area contributed by atoms with Crippen LogP contribution in [0, 0.1) is 0 Å². The predicted octanol–water partition coefficient (Wildman–Crippen LogP) is 3.25. The Morgan fingerprint density at radius 1 is 1.16 bits per heavy atom. The molecule has 3 heterocycles. The van der Waals surface area contributed by atoms with Crippen molar-refractivity contribution in [1.82, 2.24) is 25.1 Å². The van der Waals surface area contributed by atoms with Crippen molar-refractivity contribution in [2.75, 3.05) is 43.4 Å². The molecule has 2 saturated heterocycles. The van der Waals surface area contributed by atoms with Crippen LogP contribution in [0.1, 0.15) is 47.0 Å². The maximum Gasteiger partial charge on any atom is 0.318 e. The number of carbonyl (C=O) groups excluding carboxylic acids is 2. The van der Waals surface area contributed by atoms with Gasteiger partial charge >= 0.3 is 6.03 Å². The number of piperazine rings is 1. The Balaban J connectivity index is 1.60. The normalized spacial score (nSPS) is 20.0. The topological polar surface area (TPSA) is 81.7 Å². The first-order chi connectivity index (χ1) is 14.6. The maximum atomic E-state index is 12.6. The molecule has 31 heavy (non-hydrogen) atoms. The van der Waals surface area contributed by atoms with Gasteiger partial charge in [-0.05, 0) is 47.0 Å². The molecular formula is C21H33ClN6O2S. The first-order valence-electron chi connectivity index (χ1n) is 10.9. The molecule has 1 atom stereocenters. The minimum absolute atomic E-state index is 0.0293. The van der Waals surface area contributed by atoms with Gasteiger partial charge in [0.1, 0.15) is 11.0 Å². The second-order valence-corrected chi connectivity index (χ2v) is 10.6. The minimum Gasteiger partial charge on any atom is -0.353 e.